The van der Waals surface area contributed by atoms with Crippen LogP contribution in [-0.2, 0) is 4.79 Å². The first kappa shape index (κ1) is 12.5. The van der Waals surface area contributed by atoms with Crippen LogP contribution in [0.5, 0.6) is 0 Å². The van der Waals surface area contributed by atoms with Gasteiger partial charge in [0.25, 0.3) is 0 Å². The molecule has 0 saturated carbocycles. The Morgan fingerprint density at radius 2 is 2.27 bits per heavy atom. The fourth-order valence-corrected chi connectivity index (χ4v) is 1.76. The van der Waals surface area contributed by atoms with E-state index in [1.54, 1.807) is 0 Å². The minimum atomic E-state index is 0.288. The first-order chi connectivity index (χ1) is 7.09. The summed E-state index contributed by atoms with van der Waals surface area (Å²) in [6, 6.07) is 0.319. The van der Waals surface area contributed by atoms with Gasteiger partial charge in [0, 0.05) is 32.1 Å². The smallest absolute Gasteiger partial charge is 0.224 e. The molecule has 1 amide bonds. The Bertz CT molecular complexity index is 206. The van der Waals surface area contributed by atoms with Gasteiger partial charge in [-0.3, -0.25) is 4.79 Å². The Hall–Kier alpha value is -0.610. The normalized spacial score (nSPS) is 24.1. The molecule has 0 aromatic heterocycles. The number of amides is 1. The number of nitrogens with zero attached hydrogens (tertiary/aromatic N) is 2. The van der Waals surface area contributed by atoms with Crippen molar-refractivity contribution in [2.45, 2.75) is 25.8 Å². The molecule has 1 atom stereocenters. The Balaban J connectivity index is 2.41. The largest absolute Gasteiger partial charge is 0.341 e. The summed E-state index contributed by atoms with van der Waals surface area (Å²) in [6.45, 7) is 5.80. The van der Waals surface area contributed by atoms with Gasteiger partial charge in [-0.05, 0) is 34.0 Å². The maximum absolute atomic E-state index is 11.9. The van der Waals surface area contributed by atoms with E-state index >= 15 is 0 Å². The molecule has 0 aromatic rings. The average Bonchev–Trinajstić information content (AvgIpc) is 2.13. The highest BCUT2D eigenvalue weighted by Gasteiger charge is 2.18. The van der Waals surface area contributed by atoms with Crippen LogP contribution in [0.1, 0.15) is 19.8 Å². The van der Waals surface area contributed by atoms with Crippen LogP contribution in [0.2, 0.25) is 0 Å². The summed E-state index contributed by atoms with van der Waals surface area (Å²) < 4.78 is 0. The minimum Gasteiger partial charge on any atom is -0.341 e. The van der Waals surface area contributed by atoms with Gasteiger partial charge >= 0.3 is 0 Å². The van der Waals surface area contributed by atoms with Crippen molar-refractivity contribution in [1.29, 1.82) is 0 Å². The lowest BCUT2D eigenvalue weighted by atomic mass is 10.1. The third-order valence-corrected chi connectivity index (χ3v) is 2.75. The van der Waals surface area contributed by atoms with Crippen LogP contribution < -0.4 is 5.32 Å². The number of hydrogen-bond acceptors (Lipinski definition) is 3. The number of nitrogens with one attached hydrogen (secondary N) is 1. The molecule has 0 aliphatic carbocycles. The number of carbonyl (C=O) groups excluding carboxylic acids is 1. The summed E-state index contributed by atoms with van der Waals surface area (Å²) in [5.74, 6) is 0.288. The predicted octanol–water partition coefficient (Wildman–Crippen LogP) is 0.149. The second-order valence-electron chi connectivity index (χ2n) is 4.60. The molecule has 1 saturated heterocycles. The second-order valence-corrected chi connectivity index (χ2v) is 4.60. The highest BCUT2D eigenvalue weighted by Crippen LogP contribution is 2.03. The van der Waals surface area contributed by atoms with E-state index in [2.05, 4.69) is 17.1 Å². The third kappa shape index (κ3) is 4.62. The van der Waals surface area contributed by atoms with Gasteiger partial charge in [-0.25, -0.2) is 0 Å². The Morgan fingerprint density at radius 1 is 1.53 bits per heavy atom. The maximum atomic E-state index is 11.9. The van der Waals surface area contributed by atoms with E-state index in [1.807, 2.05) is 19.0 Å². The van der Waals surface area contributed by atoms with Crippen LogP contribution in [0.3, 0.4) is 0 Å². The number of likely N-dealkylation sites (N-methyl/N-ethyl adjacent to an activating group) is 1. The lowest BCUT2D eigenvalue weighted by molar-refractivity contribution is -0.132. The topological polar surface area (TPSA) is 35.6 Å². The maximum Gasteiger partial charge on any atom is 0.224 e. The quantitative estimate of drug-likeness (QED) is 0.725. The van der Waals surface area contributed by atoms with Crippen molar-refractivity contribution in [2.75, 3.05) is 40.3 Å². The average molecular weight is 213 g/mol. The van der Waals surface area contributed by atoms with Crippen molar-refractivity contribution in [3.63, 3.8) is 0 Å². The van der Waals surface area contributed by atoms with Gasteiger partial charge < -0.3 is 15.1 Å². The van der Waals surface area contributed by atoms with Gasteiger partial charge in [-0.2, -0.15) is 0 Å². The lowest BCUT2D eigenvalue weighted by Crippen LogP contribution is -2.44. The molecule has 88 valence electrons. The van der Waals surface area contributed by atoms with Crippen LogP contribution in [-0.4, -0.2) is 62.0 Å². The molecule has 4 heteroatoms. The fourth-order valence-electron chi connectivity index (χ4n) is 1.76. The molecule has 0 radical (unpaired) electrons. The lowest BCUT2D eigenvalue weighted by Gasteiger charge is -2.28. The minimum absolute atomic E-state index is 0.288. The van der Waals surface area contributed by atoms with Crippen LogP contribution in [0, 0.1) is 0 Å². The van der Waals surface area contributed by atoms with Crippen molar-refractivity contribution in [2.24, 2.45) is 0 Å². The molecule has 1 aliphatic rings. The summed E-state index contributed by atoms with van der Waals surface area (Å²) >= 11 is 0. The van der Waals surface area contributed by atoms with Gasteiger partial charge in [0.1, 0.15) is 0 Å². The van der Waals surface area contributed by atoms with E-state index in [1.165, 1.54) is 0 Å². The molecule has 4 nitrogen and oxygen atoms in total. The Morgan fingerprint density at radius 3 is 2.93 bits per heavy atom. The molecule has 1 unspecified atom stereocenters. The molecular formula is C11H23N3O. The third-order valence-electron chi connectivity index (χ3n) is 2.75. The molecular weight excluding hydrogens is 190 g/mol. The van der Waals surface area contributed by atoms with Gasteiger partial charge in [0.05, 0.1) is 0 Å². The van der Waals surface area contributed by atoms with Crippen molar-refractivity contribution in [1.82, 2.24) is 15.1 Å². The van der Waals surface area contributed by atoms with Gasteiger partial charge in [0.15, 0.2) is 0 Å². The molecule has 0 bridgehead atoms. The first-order valence-electron chi connectivity index (χ1n) is 5.75. The van der Waals surface area contributed by atoms with E-state index in [4.69, 9.17) is 0 Å². The highest BCUT2D eigenvalue weighted by molar-refractivity contribution is 5.76. The van der Waals surface area contributed by atoms with Crippen LogP contribution >= 0.6 is 0 Å². The first-order valence-corrected chi connectivity index (χ1v) is 5.75. The number of rotatable bonds is 3. The Kier molecular flexibility index (Phi) is 5.05. The molecule has 1 rings (SSSR count). The van der Waals surface area contributed by atoms with Gasteiger partial charge in [-0.15, -0.1) is 0 Å². The van der Waals surface area contributed by atoms with Crippen molar-refractivity contribution in [3.05, 3.63) is 0 Å². The monoisotopic (exact) mass is 213 g/mol. The summed E-state index contributed by atoms with van der Waals surface area (Å²) in [7, 11) is 4.08. The van der Waals surface area contributed by atoms with Crippen molar-refractivity contribution >= 4 is 5.91 Å². The zero-order valence-electron chi connectivity index (χ0n) is 10.1. The molecule has 15 heavy (non-hydrogen) atoms. The molecule has 0 spiro atoms. The highest BCUT2D eigenvalue weighted by atomic mass is 16.2. The number of carbonyl (C=O) groups is 1. The summed E-state index contributed by atoms with van der Waals surface area (Å²) in [4.78, 5) is 16.0. The Labute approximate surface area is 92.6 Å². The molecule has 0 aromatic carbocycles. The standard InChI is InChI=1S/C11H23N3O/c1-10-9-11(15)14(6-4-5-12-10)8-7-13(2)3/h10,12H,4-9H2,1-3H3. The number of hydrogen-bond donors (Lipinski definition) is 1. The van der Waals surface area contributed by atoms with Crippen molar-refractivity contribution in [3.8, 4) is 0 Å². The zero-order valence-corrected chi connectivity index (χ0v) is 10.1. The van der Waals surface area contributed by atoms with Gasteiger partial charge in [-0.1, -0.05) is 0 Å². The van der Waals surface area contributed by atoms with Crippen LogP contribution in [0.4, 0.5) is 0 Å². The summed E-state index contributed by atoms with van der Waals surface area (Å²) in [5.41, 5.74) is 0. The van der Waals surface area contributed by atoms with Crippen molar-refractivity contribution < 1.29 is 4.79 Å². The summed E-state index contributed by atoms with van der Waals surface area (Å²) in [6.07, 6.45) is 1.69. The SMILES string of the molecule is CC1CC(=O)N(CCN(C)C)CCCN1. The van der Waals surface area contributed by atoms with Gasteiger partial charge in [0.2, 0.25) is 5.91 Å². The van der Waals surface area contributed by atoms with Crippen LogP contribution in [0.15, 0.2) is 0 Å². The van der Waals surface area contributed by atoms with Crippen LogP contribution in [0.25, 0.3) is 0 Å². The summed E-state index contributed by atoms with van der Waals surface area (Å²) in [5, 5.41) is 3.34. The molecule has 1 aliphatic heterocycles. The van der Waals surface area contributed by atoms with E-state index in [9.17, 15) is 4.79 Å². The zero-order chi connectivity index (χ0) is 11.3. The van der Waals surface area contributed by atoms with E-state index in [0.29, 0.717) is 12.5 Å². The second kappa shape index (κ2) is 6.08. The fraction of sp³-hybridized carbons (Fsp3) is 0.909. The predicted molar refractivity (Wildman–Crippen MR) is 61.8 cm³/mol. The molecule has 1 fully saturated rings. The van der Waals surface area contributed by atoms with E-state index in [-0.39, 0.29) is 5.91 Å². The van der Waals surface area contributed by atoms with E-state index < -0.39 is 0 Å². The molecule has 1 heterocycles. The molecule has 1 N–H and O–H groups in total. The van der Waals surface area contributed by atoms with E-state index in [0.717, 1.165) is 32.6 Å².